The van der Waals surface area contributed by atoms with Gasteiger partial charge in [-0.1, -0.05) is 23.7 Å². The first-order chi connectivity index (χ1) is 13.5. The molecule has 0 spiro atoms. The molecule has 6 heteroatoms. The highest BCUT2D eigenvalue weighted by molar-refractivity contribution is 6.30. The van der Waals surface area contributed by atoms with Crippen molar-refractivity contribution >= 4 is 17.5 Å². The van der Waals surface area contributed by atoms with E-state index in [1.165, 1.54) is 0 Å². The van der Waals surface area contributed by atoms with Gasteiger partial charge < -0.3 is 20.1 Å². The van der Waals surface area contributed by atoms with E-state index in [9.17, 15) is 4.79 Å². The maximum absolute atomic E-state index is 12.3. The van der Waals surface area contributed by atoms with Gasteiger partial charge in [0.2, 0.25) is 5.91 Å². The minimum Gasteiger partial charge on any atom is -0.494 e. The fraction of sp³-hybridized carbons (Fsp3) is 0.409. The van der Waals surface area contributed by atoms with E-state index in [0.29, 0.717) is 18.2 Å². The summed E-state index contributed by atoms with van der Waals surface area (Å²) in [5.74, 6) is 1.62. The molecular weight excluding hydrogens is 376 g/mol. The molecule has 1 heterocycles. The van der Waals surface area contributed by atoms with Crippen LogP contribution in [0.5, 0.6) is 11.5 Å². The molecule has 1 aliphatic rings. The molecule has 0 saturated heterocycles. The molecule has 28 heavy (non-hydrogen) atoms. The first-order valence-corrected chi connectivity index (χ1v) is 10.0. The molecule has 0 aromatic heterocycles. The number of benzene rings is 2. The van der Waals surface area contributed by atoms with Gasteiger partial charge in [0, 0.05) is 35.2 Å². The lowest BCUT2D eigenvalue weighted by Crippen LogP contribution is -2.34. The standard InChI is InChI=1S/C22H27ClN2O3/c1-4-27-20-10-17-9-14(2)28-21(17)11-18(20)12-25-22(26)13-24-15(3)16-5-7-19(23)8-6-16/h5-8,10-11,14-15,24H,4,9,12-13H2,1-3H3,(H,25,26)/t14-,15+/m0/s1. The number of ether oxygens (including phenoxy) is 2. The Morgan fingerprint density at radius 3 is 2.79 bits per heavy atom. The van der Waals surface area contributed by atoms with E-state index in [2.05, 4.69) is 17.6 Å². The third kappa shape index (κ3) is 5.18. The third-order valence-electron chi connectivity index (χ3n) is 4.79. The number of hydrogen-bond acceptors (Lipinski definition) is 4. The lowest BCUT2D eigenvalue weighted by atomic mass is 10.1. The van der Waals surface area contributed by atoms with Gasteiger partial charge in [0.15, 0.2) is 0 Å². The van der Waals surface area contributed by atoms with Gasteiger partial charge in [-0.2, -0.15) is 0 Å². The Morgan fingerprint density at radius 2 is 2.07 bits per heavy atom. The summed E-state index contributed by atoms with van der Waals surface area (Å²) in [6.07, 6.45) is 1.06. The van der Waals surface area contributed by atoms with Gasteiger partial charge in [0.25, 0.3) is 0 Å². The molecule has 5 nitrogen and oxygen atoms in total. The molecule has 2 atom stereocenters. The summed E-state index contributed by atoms with van der Waals surface area (Å²) in [4.78, 5) is 12.3. The highest BCUT2D eigenvalue weighted by Gasteiger charge is 2.22. The average molecular weight is 403 g/mol. The van der Waals surface area contributed by atoms with E-state index in [1.807, 2.05) is 50.2 Å². The topological polar surface area (TPSA) is 59.6 Å². The Labute approximate surface area is 171 Å². The monoisotopic (exact) mass is 402 g/mol. The molecule has 1 aliphatic heterocycles. The number of rotatable bonds is 8. The van der Waals surface area contributed by atoms with Crippen molar-refractivity contribution in [1.29, 1.82) is 0 Å². The number of fused-ring (bicyclic) bond motifs is 1. The maximum atomic E-state index is 12.3. The fourth-order valence-electron chi connectivity index (χ4n) is 3.28. The van der Waals surface area contributed by atoms with Crippen LogP contribution in [0.15, 0.2) is 36.4 Å². The van der Waals surface area contributed by atoms with Gasteiger partial charge >= 0.3 is 0 Å². The van der Waals surface area contributed by atoms with Crippen molar-refractivity contribution in [2.75, 3.05) is 13.2 Å². The summed E-state index contributed by atoms with van der Waals surface area (Å²) >= 11 is 5.92. The molecule has 2 aromatic rings. The number of carbonyl (C=O) groups is 1. The van der Waals surface area contributed by atoms with Gasteiger partial charge in [0.05, 0.1) is 13.2 Å². The molecule has 3 rings (SSSR count). The summed E-state index contributed by atoms with van der Waals surface area (Å²) in [6.45, 7) is 7.23. The summed E-state index contributed by atoms with van der Waals surface area (Å²) in [7, 11) is 0. The molecular formula is C22H27ClN2O3. The highest BCUT2D eigenvalue weighted by Crippen LogP contribution is 2.35. The summed E-state index contributed by atoms with van der Waals surface area (Å²) in [5, 5.41) is 6.89. The Morgan fingerprint density at radius 1 is 1.32 bits per heavy atom. The Bertz CT molecular complexity index is 823. The number of hydrogen-bond donors (Lipinski definition) is 2. The van der Waals surface area contributed by atoms with E-state index < -0.39 is 0 Å². The van der Waals surface area contributed by atoms with Crippen LogP contribution < -0.4 is 20.1 Å². The lowest BCUT2D eigenvalue weighted by molar-refractivity contribution is -0.120. The van der Waals surface area contributed by atoms with Crippen LogP contribution >= 0.6 is 11.6 Å². The van der Waals surface area contributed by atoms with Gasteiger partial charge in [-0.15, -0.1) is 0 Å². The second-order valence-electron chi connectivity index (χ2n) is 7.06. The predicted molar refractivity (Wildman–Crippen MR) is 111 cm³/mol. The van der Waals surface area contributed by atoms with Crippen molar-refractivity contribution in [3.63, 3.8) is 0 Å². The van der Waals surface area contributed by atoms with Crippen LogP contribution in [0.3, 0.4) is 0 Å². The van der Waals surface area contributed by atoms with Crippen molar-refractivity contribution in [1.82, 2.24) is 10.6 Å². The van der Waals surface area contributed by atoms with Crippen molar-refractivity contribution in [2.24, 2.45) is 0 Å². The molecule has 0 fully saturated rings. The fourth-order valence-corrected chi connectivity index (χ4v) is 3.41. The zero-order valence-electron chi connectivity index (χ0n) is 16.5. The van der Waals surface area contributed by atoms with Crippen LogP contribution in [0.4, 0.5) is 0 Å². The van der Waals surface area contributed by atoms with E-state index in [-0.39, 0.29) is 24.6 Å². The Kier molecular flexibility index (Phi) is 6.81. The maximum Gasteiger partial charge on any atom is 0.234 e. The van der Waals surface area contributed by atoms with E-state index in [1.54, 1.807) is 0 Å². The van der Waals surface area contributed by atoms with Crippen molar-refractivity contribution in [3.05, 3.63) is 58.1 Å². The van der Waals surface area contributed by atoms with Crippen LogP contribution in [-0.4, -0.2) is 25.2 Å². The molecule has 0 aliphatic carbocycles. The zero-order valence-corrected chi connectivity index (χ0v) is 17.3. The molecule has 1 amide bonds. The number of nitrogens with one attached hydrogen (secondary N) is 2. The highest BCUT2D eigenvalue weighted by atomic mass is 35.5. The normalized spacial score (nSPS) is 16.2. The van der Waals surface area contributed by atoms with Crippen molar-refractivity contribution in [3.8, 4) is 11.5 Å². The Hall–Kier alpha value is -2.24. The largest absolute Gasteiger partial charge is 0.494 e. The third-order valence-corrected chi connectivity index (χ3v) is 5.05. The van der Waals surface area contributed by atoms with Crippen molar-refractivity contribution < 1.29 is 14.3 Å². The molecule has 0 radical (unpaired) electrons. The molecule has 0 unspecified atom stereocenters. The first kappa shape index (κ1) is 20.5. The first-order valence-electron chi connectivity index (χ1n) is 9.67. The number of halogens is 1. The SMILES string of the molecule is CCOc1cc2c(cc1CNC(=O)CN[C@H](C)c1ccc(Cl)cc1)O[C@@H](C)C2. The van der Waals surface area contributed by atoms with Crippen LogP contribution in [-0.2, 0) is 17.8 Å². The molecule has 0 bridgehead atoms. The van der Waals surface area contributed by atoms with E-state index >= 15 is 0 Å². The zero-order chi connectivity index (χ0) is 20.1. The van der Waals surface area contributed by atoms with E-state index in [4.69, 9.17) is 21.1 Å². The smallest absolute Gasteiger partial charge is 0.234 e. The second-order valence-corrected chi connectivity index (χ2v) is 7.50. The van der Waals surface area contributed by atoms with Gasteiger partial charge in [-0.25, -0.2) is 0 Å². The van der Waals surface area contributed by atoms with Crippen LogP contribution in [0.2, 0.25) is 5.02 Å². The molecule has 2 aromatic carbocycles. The number of carbonyl (C=O) groups excluding carboxylic acids is 1. The minimum atomic E-state index is -0.0713. The molecule has 0 saturated carbocycles. The Balaban J connectivity index is 1.55. The van der Waals surface area contributed by atoms with Crippen LogP contribution in [0.1, 0.15) is 43.5 Å². The number of amides is 1. The molecule has 2 N–H and O–H groups in total. The summed E-state index contributed by atoms with van der Waals surface area (Å²) < 4.78 is 11.6. The van der Waals surface area contributed by atoms with Crippen LogP contribution in [0.25, 0.3) is 0 Å². The van der Waals surface area contributed by atoms with Crippen molar-refractivity contribution in [2.45, 2.75) is 45.9 Å². The predicted octanol–water partition coefficient (Wildman–Crippen LogP) is 4.03. The minimum absolute atomic E-state index is 0.0527. The summed E-state index contributed by atoms with van der Waals surface area (Å²) in [6, 6.07) is 11.7. The van der Waals surface area contributed by atoms with Gasteiger partial charge in [-0.3, -0.25) is 4.79 Å². The lowest BCUT2D eigenvalue weighted by Gasteiger charge is -2.16. The molecule has 150 valence electrons. The quantitative estimate of drug-likeness (QED) is 0.699. The van der Waals surface area contributed by atoms with Gasteiger partial charge in [0.1, 0.15) is 17.6 Å². The van der Waals surface area contributed by atoms with Crippen LogP contribution in [0, 0.1) is 0 Å². The van der Waals surface area contributed by atoms with Gasteiger partial charge in [-0.05, 0) is 50.6 Å². The summed E-state index contributed by atoms with van der Waals surface area (Å²) in [5.41, 5.74) is 3.17. The average Bonchev–Trinajstić information content (AvgIpc) is 3.03. The van der Waals surface area contributed by atoms with E-state index in [0.717, 1.165) is 34.6 Å². The second kappa shape index (κ2) is 9.30.